The van der Waals surface area contributed by atoms with Gasteiger partial charge in [-0.25, -0.2) is 18.3 Å². The van der Waals surface area contributed by atoms with Crippen molar-refractivity contribution in [3.63, 3.8) is 0 Å². The third kappa shape index (κ3) is 3.39. The normalized spacial score (nSPS) is 16.2. The average molecular weight is 423 g/mol. The number of hydrogen-bond donors (Lipinski definition) is 1. The molecule has 0 aliphatic carbocycles. The zero-order valence-corrected chi connectivity index (χ0v) is 16.7. The van der Waals surface area contributed by atoms with Crippen LogP contribution in [-0.4, -0.2) is 36.8 Å². The molecule has 10 heteroatoms. The number of amides is 1. The Labute approximate surface area is 176 Å². The molecule has 1 aliphatic heterocycles. The molecule has 1 amide bonds. The van der Waals surface area contributed by atoms with Gasteiger partial charge in [-0.3, -0.25) is 9.48 Å². The smallest absolute Gasteiger partial charge is 0.276 e. The maximum Gasteiger partial charge on any atom is 0.276 e. The van der Waals surface area contributed by atoms with Crippen LogP contribution >= 0.6 is 0 Å². The first-order valence-corrected chi connectivity index (χ1v) is 9.87. The third-order valence-electron chi connectivity index (χ3n) is 5.44. The lowest BCUT2D eigenvalue weighted by Gasteiger charge is -2.26. The maximum absolute atomic E-state index is 14.4. The van der Waals surface area contributed by atoms with E-state index in [0.29, 0.717) is 35.7 Å². The van der Waals surface area contributed by atoms with Crippen LogP contribution in [-0.2, 0) is 7.05 Å². The quantitative estimate of drug-likeness (QED) is 0.545. The lowest BCUT2D eigenvalue weighted by Crippen LogP contribution is -2.24. The van der Waals surface area contributed by atoms with Crippen molar-refractivity contribution in [3.8, 4) is 0 Å². The molecule has 1 aliphatic rings. The molecule has 4 aromatic rings. The monoisotopic (exact) mass is 423 g/mol. The van der Waals surface area contributed by atoms with Gasteiger partial charge in [-0.2, -0.15) is 10.2 Å². The predicted molar refractivity (Wildman–Crippen MR) is 110 cm³/mol. The topological polar surface area (TPSA) is 80.4 Å². The molecule has 1 unspecified atom stereocenters. The zero-order valence-electron chi connectivity index (χ0n) is 16.7. The fraction of sp³-hybridized carbons (Fsp3) is 0.238. The van der Waals surface area contributed by atoms with Crippen LogP contribution in [0.25, 0.3) is 5.65 Å². The Morgan fingerprint density at radius 1 is 1.19 bits per heavy atom. The Morgan fingerprint density at radius 3 is 2.87 bits per heavy atom. The SMILES string of the molecule is Cn1ccc(C(=O)Nc2cnn3ccc(N4CCCC4c4cccc(F)c4F)nc23)n1. The molecule has 0 saturated carbocycles. The Kier molecular flexibility index (Phi) is 4.61. The van der Waals surface area contributed by atoms with Gasteiger partial charge in [0.2, 0.25) is 0 Å². The summed E-state index contributed by atoms with van der Waals surface area (Å²) in [6.07, 6.45) is 6.44. The summed E-state index contributed by atoms with van der Waals surface area (Å²) < 4.78 is 31.3. The number of nitrogens with one attached hydrogen (secondary N) is 1. The van der Waals surface area contributed by atoms with Gasteiger partial charge in [-0.05, 0) is 31.0 Å². The van der Waals surface area contributed by atoms with E-state index in [-0.39, 0.29) is 17.6 Å². The summed E-state index contributed by atoms with van der Waals surface area (Å²) in [7, 11) is 1.73. The van der Waals surface area contributed by atoms with Crippen molar-refractivity contribution in [1.82, 2.24) is 24.4 Å². The molecule has 1 atom stereocenters. The highest BCUT2D eigenvalue weighted by Crippen LogP contribution is 2.37. The van der Waals surface area contributed by atoms with E-state index in [4.69, 9.17) is 0 Å². The molecule has 0 spiro atoms. The van der Waals surface area contributed by atoms with Gasteiger partial charge in [-0.1, -0.05) is 12.1 Å². The van der Waals surface area contributed by atoms with E-state index in [1.807, 2.05) is 4.90 Å². The summed E-state index contributed by atoms with van der Waals surface area (Å²) in [4.78, 5) is 19.1. The fourth-order valence-corrected chi connectivity index (χ4v) is 3.97. The molecule has 1 saturated heterocycles. The first-order valence-electron chi connectivity index (χ1n) is 9.87. The number of aryl methyl sites for hydroxylation is 1. The Hall–Kier alpha value is -3.82. The van der Waals surface area contributed by atoms with E-state index in [0.717, 1.165) is 12.5 Å². The minimum Gasteiger partial charge on any atom is -0.349 e. The summed E-state index contributed by atoms with van der Waals surface area (Å²) in [5.41, 5.74) is 1.48. The molecule has 4 heterocycles. The number of rotatable bonds is 4. The van der Waals surface area contributed by atoms with Gasteiger partial charge < -0.3 is 10.2 Å². The van der Waals surface area contributed by atoms with Crippen LogP contribution in [0.4, 0.5) is 20.3 Å². The van der Waals surface area contributed by atoms with E-state index in [9.17, 15) is 13.6 Å². The van der Waals surface area contributed by atoms with Crippen LogP contribution in [0.1, 0.15) is 34.9 Å². The van der Waals surface area contributed by atoms with E-state index in [2.05, 4.69) is 20.5 Å². The summed E-state index contributed by atoms with van der Waals surface area (Å²) >= 11 is 0. The highest BCUT2D eigenvalue weighted by molar-refractivity contribution is 6.04. The van der Waals surface area contributed by atoms with E-state index >= 15 is 0 Å². The van der Waals surface area contributed by atoms with E-state index in [1.54, 1.807) is 46.8 Å². The molecule has 3 aromatic heterocycles. The predicted octanol–water partition coefficient (Wildman–Crippen LogP) is 3.33. The lowest BCUT2D eigenvalue weighted by atomic mass is 10.0. The van der Waals surface area contributed by atoms with Crippen molar-refractivity contribution < 1.29 is 13.6 Å². The van der Waals surface area contributed by atoms with Gasteiger partial charge in [0.1, 0.15) is 11.5 Å². The van der Waals surface area contributed by atoms with Gasteiger partial charge in [0, 0.05) is 31.5 Å². The largest absolute Gasteiger partial charge is 0.349 e. The molecule has 0 bridgehead atoms. The van der Waals surface area contributed by atoms with Gasteiger partial charge in [0.25, 0.3) is 5.91 Å². The van der Waals surface area contributed by atoms with Gasteiger partial charge in [0.05, 0.1) is 12.2 Å². The maximum atomic E-state index is 14.4. The summed E-state index contributed by atoms with van der Waals surface area (Å²) in [6, 6.07) is 7.31. The number of halogens is 2. The standard InChI is InChI=1S/C21H19F2N7O/c1-28-10-7-15(27-28)21(31)25-16-12-24-30-11-8-18(26-20(16)30)29-9-3-6-17(29)13-4-2-5-14(22)19(13)23/h2,4-5,7-8,10-12,17H,3,6,9H2,1H3,(H,25,31). The van der Waals surface area contributed by atoms with Crippen molar-refractivity contribution in [2.24, 2.45) is 7.05 Å². The number of hydrogen-bond acceptors (Lipinski definition) is 5. The Morgan fingerprint density at radius 2 is 2.06 bits per heavy atom. The minimum absolute atomic E-state index is 0.277. The van der Waals surface area contributed by atoms with Crippen LogP contribution in [0.15, 0.2) is 48.9 Å². The molecule has 1 N–H and O–H groups in total. The third-order valence-corrected chi connectivity index (χ3v) is 5.44. The minimum atomic E-state index is -0.858. The second-order valence-electron chi connectivity index (χ2n) is 7.44. The van der Waals surface area contributed by atoms with Crippen molar-refractivity contribution in [1.29, 1.82) is 0 Å². The van der Waals surface area contributed by atoms with Gasteiger partial charge in [-0.15, -0.1) is 0 Å². The number of fused-ring (bicyclic) bond motifs is 1. The number of anilines is 2. The fourth-order valence-electron chi connectivity index (χ4n) is 3.97. The van der Waals surface area contributed by atoms with Crippen molar-refractivity contribution in [2.75, 3.05) is 16.8 Å². The summed E-state index contributed by atoms with van der Waals surface area (Å²) in [6.45, 7) is 0.660. The first kappa shape index (κ1) is 19.2. The molecule has 1 aromatic carbocycles. The van der Waals surface area contributed by atoms with Gasteiger partial charge in [0.15, 0.2) is 23.0 Å². The van der Waals surface area contributed by atoms with Crippen LogP contribution in [0.5, 0.6) is 0 Å². The molecule has 1 fully saturated rings. The molecule has 158 valence electrons. The van der Waals surface area contributed by atoms with E-state index < -0.39 is 11.6 Å². The number of carbonyl (C=O) groups is 1. The number of carbonyl (C=O) groups excluding carboxylic acids is 1. The molecule has 5 rings (SSSR count). The van der Waals surface area contributed by atoms with Crippen molar-refractivity contribution in [2.45, 2.75) is 18.9 Å². The van der Waals surface area contributed by atoms with Crippen LogP contribution < -0.4 is 10.2 Å². The van der Waals surface area contributed by atoms with Crippen molar-refractivity contribution in [3.05, 3.63) is 71.8 Å². The van der Waals surface area contributed by atoms with Crippen LogP contribution in [0, 0.1) is 11.6 Å². The average Bonchev–Trinajstić information content (AvgIpc) is 3.50. The lowest BCUT2D eigenvalue weighted by molar-refractivity contribution is 0.102. The van der Waals surface area contributed by atoms with E-state index in [1.165, 1.54) is 12.3 Å². The number of aromatic nitrogens is 5. The molecule has 8 nitrogen and oxygen atoms in total. The number of nitrogens with zero attached hydrogens (tertiary/aromatic N) is 6. The molecule has 0 radical (unpaired) electrons. The molecular formula is C21H19F2N7O. The molecular weight excluding hydrogens is 404 g/mol. The van der Waals surface area contributed by atoms with Crippen molar-refractivity contribution >= 4 is 23.1 Å². The highest BCUT2D eigenvalue weighted by Gasteiger charge is 2.30. The second-order valence-corrected chi connectivity index (χ2v) is 7.44. The van der Waals surface area contributed by atoms with Crippen LogP contribution in [0.2, 0.25) is 0 Å². The zero-order chi connectivity index (χ0) is 21.5. The van der Waals surface area contributed by atoms with Crippen LogP contribution in [0.3, 0.4) is 0 Å². The Balaban J connectivity index is 1.47. The van der Waals surface area contributed by atoms with Gasteiger partial charge >= 0.3 is 0 Å². The first-order chi connectivity index (χ1) is 15.0. The number of benzene rings is 1. The summed E-state index contributed by atoms with van der Waals surface area (Å²) in [5.74, 6) is -1.45. The molecule has 31 heavy (non-hydrogen) atoms. The summed E-state index contributed by atoms with van der Waals surface area (Å²) in [5, 5.41) is 11.1. The Bertz CT molecular complexity index is 1280. The second kappa shape index (κ2) is 7.46. The highest BCUT2D eigenvalue weighted by atomic mass is 19.2.